The molecule has 2 aromatic heterocycles. The van der Waals surface area contributed by atoms with Crippen molar-refractivity contribution in [3.63, 3.8) is 0 Å². The smallest absolute Gasteiger partial charge is 0.407 e. The van der Waals surface area contributed by atoms with Crippen LogP contribution in [0.5, 0.6) is 11.5 Å². The number of aromatic nitrogens is 4. The first-order valence-corrected chi connectivity index (χ1v) is 13.5. The Hall–Kier alpha value is -2.73. The molecule has 1 aliphatic heterocycles. The highest BCUT2D eigenvalue weighted by molar-refractivity contribution is 9.10. The van der Waals surface area contributed by atoms with Gasteiger partial charge in [0.2, 0.25) is 6.79 Å². The number of carbonyl (C=O) groups is 1. The lowest BCUT2D eigenvalue weighted by molar-refractivity contribution is 0.0458. The molecular weight excluding hydrogens is 548 g/mol. The summed E-state index contributed by atoms with van der Waals surface area (Å²) in [6.07, 6.45) is 5.34. The third-order valence-corrected chi connectivity index (χ3v) is 8.10. The number of hydrogen-bond acceptors (Lipinski definition) is 8. The molecule has 0 spiro atoms. The molecule has 0 bridgehead atoms. The highest BCUT2D eigenvalue weighted by Crippen LogP contribution is 2.42. The minimum atomic E-state index is -0.543. The van der Waals surface area contributed by atoms with Crippen LogP contribution < -0.4 is 20.3 Å². The van der Waals surface area contributed by atoms with Gasteiger partial charge in [-0.1, -0.05) is 18.2 Å². The first-order valence-electron chi connectivity index (χ1n) is 11.9. The molecule has 10 nitrogen and oxygen atoms in total. The number of hydrogen-bond donors (Lipinski definition) is 3. The fourth-order valence-electron chi connectivity index (χ4n) is 4.26. The Morgan fingerprint density at radius 3 is 2.81 bits per heavy atom. The molecule has 36 heavy (non-hydrogen) atoms. The SMILES string of the molecule is CC(C)(C)OC(=O)NC(CCn1cnc(=N)c2[nH]c(Sc3cc4c(cc3Br)OCO4)nc21)C1CCC1. The van der Waals surface area contributed by atoms with Crippen molar-refractivity contribution in [2.24, 2.45) is 5.92 Å². The summed E-state index contributed by atoms with van der Waals surface area (Å²) < 4.78 is 19.2. The second-order valence-electron chi connectivity index (χ2n) is 10.00. The van der Waals surface area contributed by atoms with Crippen molar-refractivity contribution >= 4 is 44.9 Å². The van der Waals surface area contributed by atoms with E-state index in [1.807, 2.05) is 37.5 Å². The number of H-pyrrole nitrogens is 1. The molecule has 3 heterocycles. The Labute approximate surface area is 221 Å². The van der Waals surface area contributed by atoms with Crippen molar-refractivity contribution in [2.75, 3.05) is 6.79 Å². The minimum absolute atomic E-state index is 0.00389. The molecule has 5 rings (SSSR count). The van der Waals surface area contributed by atoms with Crippen molar-refractivity contribution in [2.45, 2.75) is 74.7 Å². The molecule has 1 saturated carbocycles. The van der Waals surface area contributed by atoms with Crippen molar-refractivity contribution in [1.29, 1.82) is 5.41 Å². The number of fused-ring (bicyclic) bond motifs is 2. The molecule has 1 aromatic carbocycles. The zero-order chi connectivity index (χ0) is 25.4. The lowest BCUT2D eigenvalue weighted by Gasteiger charge is -2.35. The Morgan fingerprint density at radius 1 is 1.36 bits per heavy atom. The fraction of sp³-hybridized carbons (Fsp3) is 0.500. The van der Waals surface area contributed by atoms with E-state index in [1.54, 1.807) is 6.33 Å². The van der Waals surface area contributed by atoms with Gasteiger partial charge in [0.1, 0.15) is 11.1 Å². The van der Waals surface area contributed by atoms with Gasteiger partial charge in [0.15, 0.2) is 27.8 Å². The van der Waals surface area contributed by atoms with Gasteiger partial charge < -0.3 is 29.1 Å². The summed E-state index contributed by atoms with van der Waals surface area (Å²) in [6, 6.07) is 3.79. The molecule has 1 atom stereocenters. The summed E-state index contributed by atoms with van der Waals surface area (Å²) in [6.45, 7) is 6.39. The number of nitrogens with zero attached hydrogens (tertiary/aromatic N) is 3. The van der Waals surface area contributed by atoms with Crippen LogP contribution in [0.4, 0.5) is 4.79 Å². The average molecular weight is 578 g/mol. The van der Waals surface area contributed by atoms with Crippen LogP contribution in [0.15, 0.2) is 33.0 Å². The lowest BCUT2D eigenvalue weighted by Crippen LogP contribution is -2.45. The van der Waals surface area contributed by atoms with E-state index in [-0.39, 0.29) is 24.4 Å². The maximum Gasteiger partial charge on any atom is 0.407 e. The monoisotopic (exact) mass is 576 g/mol. The summed E-state index contributed by atoms with van der Waals surface area (Å²) in [5.41, 5.74) is 0.808. The molecule has 3 aromatic rings. The normalized spacial score (nSPS) is 16.1. The van der Waals surface area contributed by atoms with E-state index in [2.05, 4.69) is 31.2 Å². The number of benzene rings is 1. The van der Waals surface area contributed by atoms with Crippen LogP contribution in [0.25, 0.3) is 11.2 Å². The van der Waals surface area contributed by atoms with Crippen molar-refractivity contribution in [3.05, 3.63) is 28.4 Å². The van der Waals surface area contributed by atoms with E-state index in [0.29, 0.717) is 46.7 Å². The molecular formula is C24H29BrN6O4S. The van der Waals surface area contributed by atoms with Gasteiger partial charge in [-0.25, -0.2) is 14.8 Å². The van der Waals surface area contributed by atoms with Gasteiger partial charge in [0.05, 0.1) is 6.33 Å². The minimum Gasteiger partial charge on any atom is -0.454 e. The molecule has 0 radical (unpaired) electrons. The van der Waals surface area contributed by atoms with E-state index >= 15 is 0 Å². The molecule has 2 aliphatic rings. The van der Waals surface area contributed by atoms with Crippen molar-refractivity contribution in [3.8, 4) is 11.5 Å². The van der Waals surface area contributed by atoms with Crippen LogP contribution in [0.2, 0.25) is 0 Å². The van der Waals surface area contributed by atoms with Crippen LogP contribution in [-0.4, -0.2) is 44.0 Å². The molecule has 192 valence electrons. The summed E-state index contributed by atoms with van der Waals surface area (Å²) >= 11 is 5.02. The number of aryl methyl sites for hydroxylation is 1. The van der Waals surface area contributed by atoms with Gasteiger partial charge >= 0.3 is 6.09 Å². The summed E-state index contributed by atoms with van der Waals surface area (Å²) in [5, 5.41) is 12.0. The van der Waals surface area contributed by atoms with Gasteiger partial charge in [-0.3, -0.25) is 5.41 Å². The number of imidazole rings is 1. The van der Waals surface area contributed by atoms with Crippen LogP contribution >= 0.6 is 27.7 Å². The van der Waals surface area contributed by atoms with Crippen LogP contribution in [-0.2, 0) is 11.3 Å². The second-order valence-corrected chi connectivity index (χ2v) is 11.9. The molecule has 1 fully saturated rings. The largest absolute Gasteiger partial charge is 0.454 e. The molecule has 0 saturated heterocycles. The Bertz CT molecular complexity index is 1350. The highest BCUT2D eigenvalue weighted by atomic mass is 79.9. The van der Waals surface area contributed by atoms with E-state index in [4.69, 9.17) is 24.6 Å². The van der Waals surface area contributed by atoms with Gasteiger partial charge in [0.25, 0.3) is 0 Å². The Kier molecular flexibility index (Phi) is 6.90. The van der Waals surface area contributed by atoms with Gasteiger partial charge in [-0.2, -0.15) is 0 Å². The Morgan fingerprint density at radius 2 is 2.11 bits per heavy atom. The van der Waals surface area contributed by atoms with E-state index in [0.717, 1.165) is 22.2 Å². The van der Waals surface area contributed by atoms with Crippen LogP contribution in [0.1, 0.15) is 46.5 Å². The molecule has 3 N–H and O–H groups in total. The van der Waals surface area contributed by atoms with Crippen LogP contribution in [0.3, 0.4) is 0 Å². The predicted octanol–water partition coefficient (Wildman–Crippen LogP) is 4.96. The van der Waals surface area contributed by atoms with Gasteiger partial charge in [0, 0.05) is 22.0 Å². The predicted molar refractivity (Wildman–Crippen MR) is 137 cm³/mol. The summed E-state index contributed by atoms with van der Waals surface area (Å²) in [7, 11) is 0. The first kappa shape index (κ1) is 24.9. The van der Waals surface area contributed by atoms with Crippen molar-refractivity contribution in [1.82, 2.24) is 24.8 Å². The summed E-state index contributed by atoms with van der Waals surface area (Å²) in [4.78, 5) is 25.6. The number of carbonyl (C=O) groups excluding carboxylic acids is 1. The zero-order valence-electron chi connectivity index (χ0n) is 20.4. The third kappa shape index (κ3) is 5.49. The van der Waals surface area contributed by atoms with E-state index in [9.17, 15) is 4.79 Å². The lowest BCUT2D eigenvalue weighted by atomic mass is 9.78. The van der Waals surface area contributed by atoms with Gasteiger partial charge in [-0.05, 0) is 74.0 Å². The van der Waals surface area contributed by atoms with Crippen molar-refractivity contribution < 1.29 is 19.0 Å². The van der Waals surface area contributed by atoms with Gasteiger partial charge in [-0.15, -0.1) is 0 Å². The topological polar surface area (TPSA) is 127 Å². The summed E-state index contributed by atoms with van der Waals surface area (Å²) in [5.74, 6) is 1.83. The number of nitrogens with one attached hydrogen (secondary N) is 3. The van der Waals surface area contributed by atoms with E-state index in [1.165, 1.54) is 18.2 Å². The molecule has 12 heteroatoms. The maximum absolute atomic E-state index is 12.4. The fourth-order valence-corrected chi connectivity index (χ4v) is 5.64. The highest BCUT2D eigenvalue weighted by Gasteiger charge is 2.30. The number of halogens is 1. The third-order valence-electron chi connectivity index (χ3n) is 6.23. The molecule has 1 unspecified atom stereocenters. The number of ether oxygens (including phenoxy) is 3. The first-order chi connectivity index (χ1) is 17.2. The van der Waals surface area contributed by atoms with Crippen LogP contribution in [0, 0.1) is 11.3 Å². The second kappa shape index (κ2) is 9.97. The Balaban J connectivity index is 1.34. The quantitative estimate of drug-likeness (QED) is 0.362. The zero-order valence-corrected chi connectivity index (χ0v) is 22.8. The molecule has 1 amide bonds. The molecule has 1 aliphatic carbocycles. The number of alkyl carbamates (subject to hydrolysis) is 1. The average Bonchev–Trinajstić information content (AvgIpc) is 3.38. The standard InChI is InChI=1S/C24H29BrN6O4S/c1-24(2,3)35-23(32)28-15(13-5-4-6-13)7-8-31-11-27-20(26)19-21(31)30-22(29-19)36-18-10-17-16(9-14(18)25)33-12-34-17/h9-11,13,15,26H,4-8,12H2,1-3H3,(H,28,32)(H,29,30). The number of aromatic amines is 1. The van der Waals surface area contributed by atoms with E-state index < -0.39 is 5.60 Å². The number of rotatable bonds is 7. The maximum atomic E-state index is 12.4. The number of amides is 1.